The zero-order chi connectivity index (χ0) is 17.4. The summed E-state index contributed by atoms with van der Waals surface area (Å²) in [7, 11) is 1.68. The molecule has 1 unspecified atom stereocenters. The fraction of sp³-hybridized carbons (Fsp3) is 0.316. The molecule has 1 aromatic carbocycles. The molecule has 0 radical (unpaired) electrons. The number of carbonyl (C=O) groups is 1. The van der Waals surface area contributed by atoms with Gasteiger partial charge in [-0.2, -0.15) is 0 Å². The number of ether oxygens (including phenoxy) is 1. The van der Waals surface area contributed by atoms with Crippen molar-refractivity contribution in [2.75, 3.05) is 13.7 Å². The molecular weight excluding hydrogens is 316 g/mol. The number of benzene rings is 1. The molecule has 1 saturated heterocycles. The summed E-state index contributed by atoms with van der Waals surface area (Å²) in [5.74, 6) is 0.789. The number of nitrogens with one attached hydrogen (secondary N) is 1. The number of amides is 1. The Morgan fingerprint density at radius 2 is 2.16 bits per heavy atom. The Morgan fingerprint density at radius 1 is 1.28 bits per heavy atom. The lowest BCUT2D eigenvalue weighted by molar-refractivity contribution is 0.0684. The first kappa shape index (κ1) is 15.8. The second-order valence-electron chi connectivity index (χ2n) is 6.40. The van der Waals surface area contributed by atoms with Crippen LogP contribution in [-0.2, 0) is 4.74 Å². The number of hydrogen-bond donors (Lipinski definition) is 1. The number of pyridine rings is 1. The Hall–Kier alpha value is -2.73. The fourth-order valence-corrected chi connectivity index (χ4v) is 3.49. The number of fused-ring (bicyclic) bond motifs is 1. The number of imidazole rings is 1. The van der Waals surface area contributed by atoms with Crippen LogP contribution in [0, 0.1) is 6.92 Å². The van der Waals surface area contributed by atoms with E-state index in [4.69, 9.17) is 4.74 Å². The van der Waals surface area contributed by atoms with Crippen LogP contribution in [0.25, 0.3) is 10.9 Å². The number of hydrogen-bond acceptors (Lipinski definition) is 4. The van der Waals surface area contributed by atoms with Crippen molar-refractivity contribution in [1.29, 1.82) is 0 Å². The number of H-pyrrole nitrogens is 1. The van der Waals surface area contributed by atoms with Gasteiger partial charge in [-0.1, -0.05) is 0 Å². The highest BCUT2D eigenvalue weighted by molar-refractivity contribution is 5.98. The summed E-state index contributed by atoms with van der Waals surface area (Å²) in [6, 6.07) is 7.54. The molecule has 25 heavy (non-hydrogen) atoms. The first-order valence-corrected chi connectivity index (χ1v) is 8.36. The molecule has 0 bridgehead atoms. The van der Waals surface area contributed by atoms with Crippen LogP contribution in [0.4, 0.5) is 0 Å². The standard InChI is InChI=1S/C19H20N4O2/c1-12-5-6-20-16-4-3-13(9-15(12)16)19(24)23-11-14(25-2)10-17(23)18-21-7-8-22-18/h3-9,14,17H,10-11H2,1-2H3,(H,21,22)/t14-,17?/m1/s1. The third-order valence-electron chi connectivity index (χ3n) is 4.90. The first-order valence-electron chi connectivity index (χ1n) is 8.36. The molecule has 1 aliphatic rings. The lowest BCUT2D eigenvalue weighted by Crippen LogP contribution is -2.32. The predicted molar refractivity (Wildman–Crippen MR) is 94.3 cm³/mol. The molecule has 2 atom stereocenters. The van der Waals surface area contributed by atoms with Crippen molar-refractivity contribution in [3.05, 3.63) is 59.8 Å². The fourth-order valence-electron chi connectivity index (χ4n) is 3.49. The monoisotopic (exact) mass is 336 g/mol. The topological polar surface area (TPSA) is 71.1 Å². The molecule has 1 amide bonds. The highest BCUT2D eigenvalue weighted by Crippen LogP contribution is 2.33. The van der Waals surface area contributed by atoms with E-state index < -0.39 is 0 Å². The molecule has 1 N–H and O–H groups in total. The highest BCUT2D eigenvalue weighted by atomic mass is 16.5. The predicted octanol–water partition coefficient (Wildman–Crippen LogP) is 2.87. The third-order valence-corrected chi connectivity index (χ3v) is 4.90. The minimum absolute atomic E-state index is 0.00824. The molecule has 0 spiro atoms. The van der Waals surface area contributed by atoms with Crippen molar-refractivity contribution < 1.29 is 9.53 Å². The quantitative estimate of drug-likeness (QED) is 0.798. The molecule has 1 fully saturated rings. The van der Waals surface area contributed by atoms with E-state index in [0.29, 0.717) is 12.1 Å². The van der Waals surface area contributed by atoms with Gasteiger partial charge in [-0.15, -0.1) is 0 Å². The molecule has 0 aliphatic carbocycles. The van der Waals surface area contributed by atoms with Gasteiger partial charge in [-0.3, -0.25) is 9.78 Å². The highest BCUT2D eigenvalue weighted by Gasteiger charge is 2.38. The summed E-state index contributed by atoms with van der Waals surface area (Å²) in [6.45, 7) is 2.59. The number of aromatic nitrogens is 3. The molecular formula is C19H20N4O2. The maximum atomic E-state index is 13.2. The number of nitrogens with zero attached hydrogens (tertiary/aromatic N) is 3. The molecule has 4 rings (SSSR count). The van der Waals surface area contributed by atoms with Crippen molar-refractivity contribution in [1.82, 2.24) is 19.9 Å². The summed E-state index contributed by atoms with van der Waals surface area (Å²) in [5.41, 5.74) is 2.67. The number of aryl methyl sites for hydroxylation is 1. The van der Waals surface area contributed by atoms with Crippen LogP contribution >= 0.6 is 0 Å². The Morgan fingerprint density at radius 3 is 2.92 bits per heavy atom. The van der Waals surface area contributed by atoms with E-state index in [1.165, 1.54) is 0 Å². The number of likely N-dealkylation sites (tertiary alicyclic amines) is 1. The summed E-state index contributed by atoms with van der Waals surface area (Å²) in [6.07, 6.45) is 6.04. The van der Waals surface area contributed by atoms with E-state index in [1.54, 1.807) is 25.7 Å². The number of carbonyl (C=O) groups excluding carboxylic acids is 1. The van der Waals surface area contributed by atoms with Gasteiger partial charge < -0.3 is 14.6 Å². The summed E-state index contributed by atoms with van der Waals surface area (Å²) in [5, 5.41) is 1.00. The zero-order valence-electron chi connectivity index (χ0n) is 14.3. The molecule has 3 heterocycles. The van der Waals surface area contributed by atoms with E-state index in [1.807, 2.05) is 36.1 Å². The Bertz CT molecular complexity index is 907. The summed E-state index contributed by atoms with van der Waals surface area (Å²) >= 11 is 0. The van der Waals surface area contributed by atoms with E-state index in [-0.39, 0.29) is 18.1 Å². The molecule has 3 aromatic rings. The minimum Gasteiger partial charge on any atom is -0.380 e. The maximum absolute atomic E-state index is 13.2. The molecule has 1 aliphatic heterocycles. The summed E-state index contributed by atoms with van der Waals surface area (Å²) in [4.78, 5) is 26.9. The van der Waals surface area contributed by atoms with Crippen LogP contribution in [0.2, 0.25) is 0 Å². The number of rotatable bonds is 3. The SMILES string of the molecule is CO[C@@H]1CC(c2ncc[nH]2)N(C(=O)c2ccc3nccc(C)c3c2)C1. The van der Waals surface area contributed by atoms with Gasteiger partial charge in [0.05, 0.1) is 17.7 Å². The van der Waals surface area contributed by atoms with Gasteiger partial charge in [0.15, 0.2) is 0 Å². The number of methoxy groups -OCH3 is 1. The van der Waals surface area contributed by atoms with Crippen LogP contribution < -0.4 is 0 Å². The van der Waals surface area contributed by atoms with Crippen LogP contribution in [0.15, 0.2) is 42.9 Å². The van der Waals surface area contributed by atoms with Gasteiger partial charge >= 0.3 is 0 Å². The van der Waals surface area contributed by atoms with Gasteiger partial charge in [0.2, 0.25) is 0 Å². The minimum atomic E-state index is -0.0989. The van der Waals surface area contributed by atoms with Crippen LogP contribution in [0.5, 0.6) is 0 Å². The maximum Gasteiger partial charge on any atom is 0.254 e. The van der Waals surface area contributed by atoms with Crippen molar-refractivity contribution in [3.8, 4) is 0 Å². The average molecular weight is 336 g/mol. The largest absolute Gasteiger partial charge is 0.380 e. The van der Waals surface area contributed by atoms with Crippen molar-refractivity contribution >= 4 is 16.8 Å². The van der Waals surface area contributed by atoms with Gasteiger partial charge in [0, 0.05) is 49.6 Å². The second kappa shape index (κ2) is 6.29. The lowest BCUT2D eigenvalue weighted by atomic mass is 10.1. The molecule has 2 aromatic heterocycles. The zero-order valence-corrected chi connectivity index (χ0v) is 14.3. The van der Waals surface area contributed by atoms with Gasteiger partial charge in [-0.25, -0.2) is 4.98 Å². The normalized spacial score (nSPS) is 20.3. The van der Waals surface area contributed by atoms with Gasteiger partial charge in [0.1, 0.15) is 5.82 Å². The van der Waals surface area contributed by atoms with Crippen molar-refractivity contribution in [3.63, 3.8) is 0 Å². The van der Waals surface area contributed by atoms with Crippen LogP contribution in [0.3, 0.4) is 0 Å². The van der Waals surface area contributed by atoms with E-state index in [2.05, 4.69) is 15.0 Å². The van der Waals surface area contributed by atoms with Crippen LogP contribution in [0.1, 0.15) is 34.2 Å². The smallest absolute Gasteiger partial charge is 0.254 e. The van der Waals surface area contributed by atoms with E-state index in [9.17, 15) is 4.79 Å². The lowest BCUT2D eigenvalue weighted by Gasteiger charge is -2.23. The third kappa shape index (κ3) is 2.78. The summed E-state index contributed by atoms with van der Waals surface area (Å²) < 4.78 is 5.50. The van der Waals surface area contributed by atoms with Gasteiger partial charge in [-0.05, 0) is 36.8 Å². The molecule has 128 valence electrons. The van der Waals surface area contributed by atoms with E-state index >= 15 is 0 Å². The molecule has 6 nitrogen and oxygen atoms in total. The van der Waals surface area contributed by atoms with Crippen molar-refractivity contribution in [2.45, 2.75) is 25.5 Å². The van der Waals surface area contributed by atoms with Crippen molar-refractivity contribution in [2.24, 2.45) is 0 Å². The second-order valence-corrected chi connectivity index (χ2v) is 6.40. The first-order chi connectivity index (χ1) is 12.2. The molecule has 0 saturated carbocycles. The number of aromatic amines is 1. The molecule has 6 heteroatoms. The van der Waals surface area contributed by atoms with E-state index in [0.717, 1.165) is 28.7 Å². The Kier molecular flexibility index (Phi) is 3.97. The Balaban J connectivity index is 1.70. The van der Waals surface area contributed by atoms with Gasteiger partial charge in [0.25, 0.3) is 5.91 Å². The Labute approximate surface area is 145 Å². The average Bonchev–Trinajstić information content (AvgIpc) is 3.30. The van der Waals surface area contributed by atoms with Crippen LogP contribution in [-0.4, -0.2) is 45.5 Å².